The number of likely N-dealkylation sites (tertiary alicyclic amines) is 1. The van der Waals surface area contributed by atoms with E-state index < -0.39 is 0 Å². The zero-order valence-corrected chi connectivity index (χ0v) is 14.2. The van der Waals surface area contributed by atoms with E-state index in [9.17, 15) is 4.79 Å². The number of hydrogen-bond donors (Lipinski definition) is 1. The van der Waals surface area contributed by atoms with Gasteiger partial charge in [-0.15, -0.1) is 0 Å². The van der Waals surface area contributed by atoms with E-state index in [1.165, 1.54) is 0 Å². The van der Waals surface area contributed by atoms with Crippen molar-refractivity contribution >= 4 is 5.91 Å². The average Bonchev–Trinajstić information content (AvgIpc) is 2.60. The second-order valence-electron chi connectivity index (χ2n) is 6.01. The van der Waals surface area contributed by atoms with Crippen LogP contribution in [0.15, 0.2) is 24.3 Å². The number of piperidine rings is 1. The number of nitrogens with zero attached hydrogens (tertiary/aromatic N) is 1. The van der Waals surface area contributed by atoms with E-state index in [-0.39, 0.29) is 5.91 Å². The molecule has 1 aromatic rings. The van der Waals surface area contributed by atoms with Gasteiger partial charge < -0.3 is 19.7 Å². The van der Waals surface area contributed by atoms with Crippen molar-refractivity contribution in [3.8, 4) is 5.75 Å². The van der Waals surface area contributed by atoms with Crippen LogP contribution in [0.25, 0.3) is 0 Å². The SMILES string of the molecule is CNCC1CCN(C(=O)c2ccc(OCCCOC)cc2)CC1. The first-order valence-corrected chi connectivity index (χ1v) is 8.40. The summed E-state index contributed by atoms with van der Waals surface area (Å²) in [5.74, 6) is 1.61. The number of rotatable bonds is 8. The van der Waals surface area contributed by atoms with Crippen molar-refractivity contribution in [2.75, 3.05) is 47.0 Å². The molecule has 0 atom stereocenters. The number of carbonyl (C=O) groups excluding carboxylic acids is 1. The zero-order valence-electron chi connectivity index (χ0n) is 14.2. The number of methoxy groups -OCH3 is 1. The van der Waals surface area contributed by atoms with Crippen molar-refractivity contribution in [3.05, 3.63) is 29.8 Å². The third-order valence-corrected chi connectivity index (χ3v) is 4.26. The second-order valence-corrected chi connectivity index (χ2v) is 6.01. The molecule has 5 heteroatoms. The lowest BCUT2D eigenvalue weighted by atomic mass is 9.96. The van der Waals surface area contributed by atoms with E-state index in [0.29, 0.717) is 19.1 Å². The van der Waals surface area contributed by atoms with Gasteiger partial charge in [-0.2, -0.15) is 0 Å². The second kappa shape index (κ2) is 9.53. The Balaban J connectivity index is 1.81. The molecule has 1 aliphatic heterocycles. The van der Waals surface area contributed by atoms with Gasteiger partial charge in [-0.3, -0.25) is 4.79 Å². The van der Waals surface area contributed by atoms with Gasteiger partial charge in [0.25, 0.3) is 5.91 Å². The van der Waals surface area contributed by atoms with E-state index in [1.807, 2.05) is 36.2 Å². The lowest BCUT2D eigenvalue weighted by Crippen LogP contribution is -2.40. The summed E-state index contributed by atoms with van der Waals surface area (Å²) in [4.78, 5) is 14.5. The molecule has 1 saturated heterocycles. The lowest BCUT2D eigenvalue weighted by Gasteiger charge is -2.32. The summed E-state index contributed by atoms with van der Waals surface area (Å²) in [6.45, 7) is 4.05. The summed E-state index contributed by atoms with van der Waals surface area (Å²) in [5, 5.41) is 3.22. The van der Waals surface area contributed by atoms with Crippen molar-refractivity contribution in [3.63, 3.8) is 0 Å². The molecule has 0 aromatic heterocycles. The van der Waals surface area contributed by atoms with Crippen molar-refractivity contribution < 1.29 is 14.3 Å². The highest BCUT2D eigenvalue weighted by Gasteiger charge is 2.23. The van der Waals surface area contributed by atoms with Crippen LogP contribution in [0.1, 0.15) is 29.6 Å². The Morgan fingerprint density at radius 1 is 1.22 bits per heavy atom. The fourth-order valence-electron chi connectivity index (χ4n) is 2.90. The monoisotopic (exact) mass is 320 g/mol. The molecule has 0 saturated carbocycles. The number of amides is 1. The Morgan fingerprint density at radius 2 is 1.91 bits per heavy atom. The Labute approximate surface area is 139 Å². The first kappa shape index (κ1) is 17.8. The zero-order chi connectivity index (χ0) is 16.5. The Hall–Kier alpha value is -1.59. The summed E-state index contributed by atoms with van der Waals surface area (Å²) in [5.41, 5.74) is 0.737. The standard InChI is InChI=1S/C18H28N2O3/c1-19-14-15-8-10-20(11-9-15)18(21)16-4-6-17(7-5-16)23-13-3-12-22-2/h4-7,15,19H,3,8-14H2,1-2H3. The van der Waals surface area contributed by atoms with Crippen LogP contribution in [0.5, 0.6) is 5.75 Å². The van der Waals surface area contributed by atoms with Gasteiger partial charge in [0, 0.05) is 38.8 Å². The molecule has 1 fully saturated rings. The topological polar surface area (TPSA) is 50.8 Å². The predicted molar refractivity (Wildman–Crippen MR) is 91.0 cm³/mol. The minimum absolute atomic E-state index is 0.124. The molecule has 1 amide bonds. The molecule has 1 aromatic carbocycles. The molecule has 5 nitrogen and oxygen atoms in total. The van der Waals surface area contributed by atoms with Crippen LogP contribution in [0.3, 0.4) is 0 Å². The predicted octanol–water partition coefficient (Wildman–Crippen LogP) is 2.17. The molecule has 23 heavy (non-hydrogen) atoms. The van der Waals surface area contributed by atoms with Crippen molar-refractivity contribution in [2.24, 2.45) is 5.92 Å². The maximum Gasteiger partial charge on any atom is 0.253 e. The van der Waals surface area contributed by atoms with Gasteiger partial charge in [0.2, 0.25) is 0 Å². The van der Waals surface area contributed by atoms with E-state index in [0.717, 1.165) is 50.2 Å². The Bertz CT molecular complexity index is 468. The van der Waals surface area contributed by atoms with E-state index in [1.54, 1.807) is 7.11 Å². The van der Waals surface area contributed by atoms with E-state index >= 15 is 0 Å². The molecular weight excluding hydrogens is 292 g/mol. The summed E-state index contributed by atoms with van der Waals surface area (Å²) in [6.07, 6.45) is 3.01. The van der Waals surface area contributed by atoms with Gasteiger partial charge in [0.15, 0.2) is 0 Å². The molecule has 1 heterocycles. The van der Waals surface area contributed by atoms with Gasteiger partial charge in [0.05, 0.1) is 6.61 Å². The quantitative estimate of drug-likeness (QED) is 0.746. The number of ether oxygens (including phenoxy) is 2. The molecular formula is C18H28N2O3. The molecule has 1 aliphatic rings. The molecule has 0 radical (unpaired) electrons. The fraction of sp³-hybridized carbons (Fsp3) is 0.611. The smallest absolute Gasteiger partial charge is 0.253 e. The van der Waals surface area contributed by atoms with E-state index in [2.05, 4.69) is 5.32 Å². The van der Waals surface area contributed by atoms with Gasteiger partial charge in [-0.05, 0) is 56.6 Å². The summed E-state index contributed by atoms with van der Waals surface area (Å²) in [6, 6.07) is 7.45. The Kier molecular flexibility index (Phi) is 7.36. The molecule has 0 unspecified atom stereocenters. The van der Waals surface area contributed by atoms with Crippen LogP contribution in [0.4, 0.5) is 0 Å². The average molecular weight is 320 g/mol. The molecule has 2 rings (SSSR count). The van der Waals surface area contributed by atoms with E-state index in [4.69, 9.17) is 9.47 Å². The van der Waals surface area contributed by atoms with Crippen molar-refractivity contribution in [2.45, 2.75) is 19.3 Å². The number of nitrogens with one attached hydrogen (secondary N) is 1. The number of hydrogen-bond acceptors (Lipinski definition) is 4. The highest BCUT2D eigenvalue weighted by atomic mass is 16.5. The molecule has 0 spiro atoms. The highest BCUT2D eigenvalue weighted by molar-refractivity contribution is 5.94. The number of benzene rings is 1. The van der Waals surface area contributed by atoms with Crippen LogP contribution in [0.2, 0.25) is 0 Å². The van der Waals surface area contributed by atoms with Crippen LogP contribution in [0, 0.1) is 5.92 Å². The normalized spacial score (nSPS) is 15.7. The van der Waals surface area contributed by atoms with Crippen LogP contribution in [-0.2, 0) is 4.74 Å². The summed E-state index contributed by atoms with van der Waals surface area (Å²) in [7, 11) is 3.67. The molecule has 1 N–H and O–H groups in total. The maximum atomic E-state index is 12.5. The third kappa shape index (κ3) is 5.52. The van der Waals surface area contributed by atoms with Crippen molar-refractivity contribution in [1.82, 2.24) is 10.2 Å². The Morgan fingerprint density at radius 3 is 2.52 bits per heavy atom. The van der Waals surface area contributed by atoms with Gasteiger partial charge >= 0.3 is 0 Å². The van der Waals surface area contributed by atoms with Crippen LogP contribution < -0.4 is 10.1 Å². The molecule has 128 valence electrons. The molecule has 0 aliphatic carbocycles. The minimum Gasteiger partial charge on any atom is -0.494 e. The highest BCUT2D eigenvalue weighted by Crippen LogP contribution is 2.20. The van der Waals surface area contributed by atoms with Crippen molar-refractivity contribution in [1.29, 1.82) is 0 Å². The number of carbonyl (C=O) groups is 1. The summed E-state index contributed by atoms with van der Waals surface area (Å²) < 4.78 is 10.6. The first-order chi connectivity index (χ1) is 11.2. The minimum atomic E-state index is 0.124. The lowest BCUT2D eigenvalue weighted by molar-refractivity contribution is 0.0691. The fourth-order valence-corrected chi connectivity index (χ4v) is 2.90. The first-order valence-electron chi connectivity index (χ1n) is 8.40. The third-order valence-electron chi connectivity index (χ3n) is 4.26. The van der Waals surface area contributed by atoms with Crippen LogP contribution in [-0.4, -0.2) is 57.8 Å². The van der Waals surface area contributed by atoms with Crippen LogP contribution >= 0.6 is 0 Å². The maximum absolute atomic E-state index is 12.5. The van der Waals surface area contributed by atoms with Gasteiger partial charge in [-0.25, -0.2) is 0 Å². The van der Waals surface area contributed by atoms with Gasteiger partial charge in [-0.1, -0.05) is 0 Å². The summed E-state index contributed by atoms with van der Waals surface area (Å²) >= 11 is 0. The largest absolute Gasteiger partial charge is 0.494 e. The van der Waals surface area contributed by atoms with Gasteiger partial charge in [0.1, 0.15) is 5.75 Å². The molecule has 0 bridgehead atoms.